The van der Waals surface area contributed by atoms with Crippen LogP contribution in [0, 0.1) is 0 Å². The van der Waals surface area contributed by atoms with E-state index in [9.17, 15) is 10.2 Å². The first-order valence-corrected chi connectivity index (χ1v) is 28.2. The fraction of sp³-hybridized carbons (Fsp3) is 1.00. The summed E-state index contributed by atoms with van der Waals surface area (Å²) in [7, 11) is 0. The quantitative estimate of drug-likeness (QED) is 0.0473. The van der Waals surface area contributed by atoms with E-state index in [4.69, 9.17) is 0 Å². The average molecular weight is 836 g/mol. The summed E-state index contributed by atoms with van der Waals surface area (Å²) in [5, 5.41) is 21.7. The summed E-state index contributed by atoms with van der Waals surface area (Å²) in [6.07, 6.45) is 63.8. The lowest BCUT2D eigenvalue weighted by Crippen LogP contribution is -2.67. The van der Waals surface area contributed by atoms with Gasteiger partial charge in [-0.25, -0.2) is 0 Å². The average Bonchev–Trinajstić information content (AvgIpc) is 3.24. The molecule has 0 saturated carbocycles. The van der Waals surface area contributed by atoms with E-state index in [1.54, 1.807) is 0 Å². The Morgan fingerprint density at radius 3 is 0.627 bits per heavy atom. The number of hydrogen-bond acceptors (Lipinski definition) is 2. The first-order chi connectivity index (χ1) is 29.1. The predicted octanol–water partition coefficient (Wildman–Crippen LogP) is 18.6. The Labute approximate surface area is 374 Å². The van der Waals surface area contributed by atoms with Gasteiger partial charge in [-0.1, -0.05) is 272 Å². The topological polar surface area (TPSA) is 40.5 Å². The lowest BCUT2D eigenvalue weighted by Gasteiger charge is -2.54. The van der Waals surface area contributed by atoms with E-state index in [0.717, 1.165) is 24.1 Å². The molecule has 0 aromatic rings. The number of quaternary nitrogens is 1. The Kier molecular flexibility index (Phi) is 47.3. The van der Waals surface area contributed by atoms with Crippen LogP contribution in [-0.2, 0) is 0 Å². The van der Waals surface area contributed by atoms with Crippen molar-refractivity contribution in [3.05, 3.63) is 0 Å². The van der Waals surface area contributed by atoms with Gasteiger partial charge in [0.1, 0.15) is 13.1 Å². The minimum absolute atomic E-state index is 0.197. The van der Waals surface area contributed by atoms with Gasteiger partial charge >= 0.3 is 0 Å². The molecule has 0 aromatic heterocycles. The van der Waals surface area contributed by atoms with Crippen molar-refractivity contribution in [1.29, 1.82) is 0 Å². The molecule has 0 saturated heterocycles. The van der Waals surface area contributed by atoms with Gasteiger partial charge in [-0.05, 0) is 32.1 Å². The smallest absolute Gasteiger partial charge is 0.103 e. The van der Waals surface area contributed by atoms with Gasteiger partial charge in [-0.15, -0.1) is 0 Å². The largest absolute Gasteiger partial charge is 0.391 e. The van der Waals surface area contributed by atoms with E-state index in [2.05, 4.69) is 27.7 Å². The molecule has 0 heterocycles. The molecule has 0 atom stereocenters. The van der Waals surface area contributed by atoms with Gasteiger partial charge in [0, 0.05) is 19.3 Å². The number of rotatable bonds is 52. The Bertz CT molecular complexity index is 735. The molecule has 0 aliphatic rings. The van der Waals surface area contributed by atoms with E-state index in [-0.39, 0.29) is 18.8 Å². The Hall–Kier alpha value is -0.120. The standard InChI is InChI=1S/C56H116NO2/c1-5-9-13-17-21-25-28-30-33-37-41-45-49-56(48-44-40-36-32-24-20-16-12-8-4,50-46-42-38-34-31-29-26-22-18-14-10-6-2)57(52-54-58,53-55-59)51-47-43-39-35-27-23-19-15-11-7-3/h58-59H,5-55H2,1-4H3/q+1. The number of aliphatic hydroxyl groups is 2. The van der Waals surface area contributed by atoms with Crippen molar-refractivity contribution >= 4 is 0 Å². The Morgan fingerprint density at radius 1 is 0.237 bits per heavy atom. The van der Waals surface area contributed by atoms with Crippen molar-refractivity contribution in [3.8, 4) is 0 Å². The van der Waals surface area contributed by atoms with E-state index < -0.39 is 0 Å². The molecule has 3 heteroatoms. The zero-order valence-electron chi connectivity index (χ0n) is 41.9. The first kappa shape index (κ1) is 58.9. The number of unbranched alkanes of at least 4 members (excludes halogenated alkanes) is 39. The van der Waals surface area contributed by atoms with Gasteiger partial charge in [0.2, 0.25) is 0 Å². The van der Waals surface area contributed by atoms with Crippen LogP contribution in [0.5, 0.6) is 0 Å². The van der Waals surface area contributed by atoms with E-state index in [0.29, 0.717) is 0 Å². The molecule has 0 radical (unpaired) electrons. The van der Waals surface area contributed by atoms with Crippen LogP contribution in [0.3, 0.4) is 0 Å². The number of aliphatic hydroxyl groups excluding tert-OH is 2. The molecule has 0 rings (SSSR count). The van der Waals surface area contributed by atoms with Gasteiger partial charge in [-0.2, -0.15) is 0 Å². The molecule has 356 valence electrons. The molecule has 0 aliphatic heterocycles. The third-order valence-electron chi connectivity index (χ3n) is 14.7. The lowest BCUT2D eigenvalue weighted by molar-refractivity contribution is -0.978. The second-order valence-corrected chi connectivity index (χ2v) is 20.0. The Balaban J connectivity index is 5.73. The zero-order chi connectivity index (χ0) is 43.1. The second kappa shape index (κ2) is 47.4. The van der Waals surface area contributed by atoms with Crippen LogP contribution in [0.1, 0.15) is 323 Å². The first-order valence-electron chi connectivity index (χ1n) is 28.2. The lowest BCUT2D eigenvalue weighted by atomic mass is 9.77. The summed E-state index contributed by atoms with van der Waals surface area (Å²) in [6.45, 7) is 12.6. The Morgan fingerprint density at radius 2 is 0.424 bits per heavy atom. The molecule has 0 amide bonds. The van der Waals surface area contributed by atoms with Crippen molar-refractivity contribution in [2.75, 3.05) is 32.8 Å². The summed E-state index contributed by atoms with van der Waals surface area (Å²) in [4.78, 5) is 0. The number of nitrogens with zero attached hydrogens (tertiary/aromatic N) is 1. The zero-order valence-corrected chi connectivity index (χ0v) is 41.9. The van der Waals surface area contributed by atoms with Crippen LogP contribution in [-0.4, -0.2) is 53.1 Å². The van der Waals surface area contributed by atoms with Gasteiger partial charge in [0.05, 0.1) is 25.3 Å². The highest BCUT2D eigenvalue weighted by Crippen LogP contribution is 2.41. The maximum Gasteiger partial charge on any atom is 0.103 e. The molecule has 0 spiro atoms. The molecule has 0 bridgehead atoms. The van der Waals surface area contributed by atoms with Crippen LogP contribution in [0.25, 0.3) is 0 Å². The SMILES string of the molecule is CCCCCCCCCCCCCCC(CCCCCCCCCCC)(CCCCCCCCCCCCCC)[N+](CCO)(CCO)CCCCCCCCCCCC. The number of hydrogen-bond donors (Lipinski definition) is 2. The van der Waals surface area contributed by atoms with Gasteiger partial charge in [0.15, 0.2) is 0 Å². The molecule has 0 fully saturated rings. The minimum Gasteiger partial charge on any atom is -0.391 e. The molecule has 0 aromatic carbocycles. The van der Waals surface area contributed by atoms with E-state index in [1.165, 1.54) is 295 Å². The molecule has 2 N–H and O–H groups in total. The van der Waals surface area contributed by atoms with Crippen molar-refractivity contribution in [2.24, 2.45) is 0 Å². The van der Waals surface area contributed by atoms with Gasteiger partial charge < -0.3 is 14.7 Å². The van der Waals surface area contributed by atoms with Gasteiger partial charge in [0.25, 0.3) is 0 Å². The summed E-state index contributed by atoms with van der Waals surface area (Å²) < 4.78 is 0.990. The van der Waals surface area contributed by atoms with Crippen molar-refractivity contribution in [2.45, 2.75) is 329 Å². The van der Waals surface area contributed by atoms with Crippen molar-refractivity contribution in [3.63, 3.8) is 0 Å². The molecule has 59 heavy (non-hydrogen) atoms. The van der Waals surface area contributed by atoms with Crippen LogP contribution in [0.4, 0.5) is 0 Å². The summed E-state index contributed by atoms with van der Waals surface area (Å²) in [6, 6.07) is 0. The van der Waals surface area contributed by atoms with E-state index in [1.807, 2.05) is 0 Å². The van der Waals surface area contributed by atoms with Crippen molar-refractivity contribution < 1.29 is 14.7 Å². The van der Waals surface area contributed by atoms with Crippen molar-refractivity contribution in [1.82, 2.24) is 0 Å². The normalized spacial score (nSPS) is 12.3. The predicted molar refractivity (Wildman–Crippen MR) is 267 cm³/mol. The molecular formula is C56H116NO2+. The maximum absolute atomic E-state index is 10.8. The highest BCUT2D eigenvalue weighted by atomic mass is 16.3. The van der Waals surface area contributed by atoms with Crippen LogP contribution < -0.4 is 0 Å². The molecular weight excluding hydrogens is 719 g/mol. The third kappa shape index (κ3) is 35.0. The minimum atomic E-state index is 0.197. The maximum atomic E-state index is 10.8. The van der Waals surface area contributed by atoms with Gasteiger partial charge in [-0.3, -0.25) is 0 Å². The van der Waals surface area contributed by atoms with Crippen LogP contribution in [0.2, 0.25) is 0 Å². The fourth-order valence-corrected chi connectivity index (χ4v) is 10.8. The second-order valence-electron chi connectivity index (χ2n) is 20.0. The summed E-state index contributed by atoms with van der Waals surface area (Å²) in [5.74, 6) is 0. The molecule has 0 unspecified atom stereocenters. The fourth-order valence-electron chi connectivity index (χ4n) is 10.8. The van der Waals surface area contributed by atoms with Crippen LogP contribution >= 0.6 is 0 Å². The van der Waals surface area contributed by atoms with E-state index >= 15 is 0 Å². The monoisotopic (exact) mass is 835 g/mol. The highest BCUT2D eigenvalue weighted by molar-refractivity contribution is 4.84. The third-order valence-corrected chi connectivity index (χ3v) is 14.7. The highest BCUT2D eigenvalue weighted by Gasteiger charge is 2.48. The molecule has 3 nitrogen and oxygen atoms in total. The van der Waals surface area contributed by atoms with Crippen LogP contribution in [0.15, 0.2) is 0 Å². The summed E-state index contributed by atoms with van der Waals surface area (Å²) in [5.41, 5.74) is 0.197. The molecule has 0 aliphatic carbocycles. The summed E-state index contributed by atoms with van der Waals surface area (Å²) >= 11 is 0.